The molecule has 3 heterocycles. The lowest BCUT2D eigenvalue weighted by Gasteiger charge is -2.32. The Morgan fingerprint density at radius 3 is 2.80 bits per heavy atom. The Hall–Kier alpha value is -2.72. The molecule has 4 rings (SSSR count). The number of nitrogens with zero attached hydrogens (tertiary/aromatic N) is 2. The normalized spacial score (nSPS) is 26.5. The number of rotatable bonds is 6. The zero-order chi connectivity index (χ0) is 21.5. The zero-order valence-corrected chi connectivity index (χ0v) is 17.2. The number of nitrogens with two attached hydrogens (primary N) is 1. The Balaban J connectivity index is 1.62. The van der Waals surface area contributed by atoms with Gasteiger partial charge in [-0.05, 0) is 25.0 Å². The van der Waals surface area contributed by atoms with Crippen LogP contribution in [0.1, 0.15) is 24.3 Å². The summed E-state index contributed by atoms with van der Waals surface area (Å²) in [5.41, 5.74) is 6.47. The number of hydrogen-bond acceptors (Lipinski definition) is 7. The molecule has 4 N–H and O–H groups in total. The van der Waals surface area contributed by atoms with Crippen LogP contribution in [0.5, 0.6) is 0 Å². The van der Waals surface area contributed by atoms with Crippen LogP contribution in [0, 0.1) is 6.92 Å². The van der Waals surface area contributed by atoms with Gasteiger partial charge in [0.1, 0.15) is 17.8 Å². The molecule has 1 saturated heterocycles. The molecule has 1 unspecified atom stereocenters. The Labute approximate surface area is 173 Å². The van der Waals surface area contributed by atoms with Crippen molar-refractivity contribution in [3.63, 3.8) is 0 Å². The molecule has 0 saturated carbocycles. The van der Waals surface area contributed by atoms with Gasteiger partial charge in [-0.3, -0.25) is 9.78 Å². The van der Waals surface area contributed by atoms with Crippen molar-refractivity contribution < 1.29 is 19.3 Å². The number of anilines is 1. The molecule has 1 aliphatic heterocycles. The van der Waals surface area contributed by atoms with Gasteiger partial charge in [-0.1, -0.05) is 30.3 Å². The van der Waals surface area contributed by atoms with E-state index in [1.807, 2.05) is 37.3 Å². The molecule has 1 aliphatic rings. The van der Waals surface area contributed by atoms with Crippen LogP contribution in [-0.2, 0) is 20.8 Å². The first-order valence-electron chi connectivity index (χ1n) is 9.72. The van der Waals surface area contributed by atoms with Crippen LogP contribution in [0.15, 0.2) is 41.3 Å². The predicted molar refractivity (Wildman–Crippen MR) is 111 cm³/mol. The topological polar surface area (TPSA) is 125 Å². The molecule has 0 aliphatic carbocycles. The summed E-state index contributed by atoms with van der Waals surface area (Å²) in [6.07, 6.45) is -0.553. The van der Waals surface area contributed by atoms with Gasteiger partial charge in [0.25, 0.3) is 5.56 Å². The summed E-state index contributed by atoms with van der Waals surface area (Å²) in [7, 11) is 1.51. The smallest absolute Gasteiger partial charge is 0.262 e. The van der Waals surface area contributed by atoms with Crippen LogP contribution < -0.4 is 11.3 Å². The molecule has 2 aromatic heterocycles. The molecule has 160 valence electrons. The number of aromatic amines is 1. The second-order valence-corrected chi connectivity index (χ2v) is 7.73. The molecular weight excluding hydrogens is 388 g/mol. The van der Waals surface area contributed by atoms with E-state index in [1.54, 1.807) is 17.7 Å². The largest absolute Gasteiger partial charge is 0.387 e. The maximum atomic E-state index is 12.4. The van der Waals surface area contributed by atoms with Crippen molar-refractivity contribution in [3.05, 3.63) is 58.0 Å². The average Bonchev–Trinajstić information content (AvgIpc) is 3.18. The van der Waals surface area contributed by atoms with Gasteiger partial charge in [0, 0.05) is 13.3 Å². The maximum Gasteiger partial charge on any atom is 0.262 e. The number of benzene rings is 1. The lowest BCUT2D eigenvalue weighted by Crippen LogP contribution is -2.46. The number of aliphatic hydroxyl groups excluding tert-OH is 1. The number of aryl methyl sites for hydroxylation is 1. The highest BCUT2D eigenvalue weighted by molar-refractivity contribution is 5.80. The number of aliphatic hydroxyl groups is 1. The molecule has 4 atom stereocenters. The molecule has 30 heavy (non-hydrogen) atoms. The summed E-state index contributed by atoms with van der Waals surface area (Å²) in [4.78, 5) is 19.2. The zero-order valence-electron chi connectivity index (χ0n) is 17.2. The van der Waals surface area contributed by atoms with Crippen LogP contribution in [0.3, 0.4) is 0 Å². The molecule has 0 amide bonds. The van der Waals surface area contributed by atoms with Gasteiger partial charge in [0.05, 0.1) is 18.6 Å². The molecule has 1 fully saturated rings. The first kappa shape index (κ1) is 20.5. The summed E-state index contributed by atoms with van der Waals surface area (Å²) in [6, 6.07) is 9.76. The molecule has 9 heteroatoms. The van der Waals surface area contributed by atoms with Crippen molar-refractivity contribution >= 4 is 17.0 Å². The fourth-order valence-corrected chi connectivity index (χ4v) is 3.98. The molecule has 0 spiro atoms. The number of fused-ring (bicyclic) bond motifs is 1. The quantitative estimate of drug-likeness (QED) is 0.558. The summed E-state index contributed by atoms with van der Waals surface area (Å²) in [5.74, 6) is 0.00672. The van der Waals surface area contributed by atoms with Crippen molar-refractivity contribution in [3.8, 4) is 0 Å². The van der Waals surface area contributed by atoms with Crippen molar-refractivity contribution in [2.24, 2.45) is 0 Å². The number of H-pyrrole nitrogens is 1. The minimum Gasteiger partial charge on any atom is -0.387 e. The first-order valence-corrected chi connectivity index (χ1v) is 9.72. The van der Waals surface area contributed by atoms with Gasteiger partial charge in [0.15, 0.2) is 11.9 Å². The fraction of sp³-hybridized carbons (Fsp3) is 0.429. The molecule has 0 bridgehead atoms. The van der Waals surface area contributed by atoms with E-state index in [2.05, 4.69) is 9.97 Å². The number of aromatic nitrogens is 3. The predicted octanol–water partition coefficient (Wildman–Crippen LogP) is 1.50. The highest BCUT2D eigenvalue weighted by Gasteiger charge is 2.55. The van der Waals surface area contributed by atoms with E-state index in [0.29, 0.717) is 17.6 Å². The van der Waals surface area contributed by atoms with E-state index >= 15 is 0 Å². The second-order valence-electron chi connectivity index (χ2n) is 7.73. The van der Waals surface area contributed by atoms with Gasteiger partial charge in [-0.25, -0.2) is 0 Å². The molecular formula is C21H26N4O5. The van der Waals surface area contributed by atoms with Crippen LogP contribution in [0.2, 0.25) is 0 Å². The average molecular weight is 414 g/mol. The van der Waals surface area contributed by atoms with E-state index in [1.165, 1.54) is 7.11 Å². The third-order valence-electron chi connectivity index (χ3n) is 5.71. The Morgan fingerprint density at radius 2 is 2.10 bits per heavy atom. The number of ether oxygens (including phenoxy) is 3. The van der Waals surface area contributed by atoms with Crippen LogP contribution >= 0.6 is 0 Å². The van der Waals surface area contributed by atoms with E-state index in [4.69, 9.17) is 19.9 Å². The number of nitrogens with one attached hydrogen (secondary N) is 1. The summed E-state index contributed by atoms with van der Waals surface area (Å²) in [6.45, 7) is 4.15. The van der Waals surface area contributed by atoms with Gasteiger partial charge < -0.3 is 29.6 Å². The van der Waals surface area contributed by atoms with Crippen LogP contribution in [0.25, 0.3) is 11.0 Å². The van der Waals surface area contributed by atoms with Gasteiger partial charge in [-0.2, -0.15) is 4.98 Å². The first-order chi connectivity index (χ1) is 14.3. The molecule has 3 aromatic rings. The number of methoxy groups -OCH3 is 1. The van der Waals surface area contributed by atoms with Crippen LogP contribution in [-0.4, -0.2) is 51.2 Å². The van der Waals surface area contributed by atoms with Gasteiger partial charge in [0.2, 0.25) is 5.95 Å². The van der Waals surface area contributed by atoms with Crippen molar-refractivity contribution in [1.82, 2.24) is 14.5 Å². The minimum absolute atomic E-state index is 0.00672. The van der Waals surface area contributed by atoms with E-state index in [9.17, 15) is 9.90 Å². The Bertz CT molecular complexity index is 1100. The van der Waals surface area contributed by atoms with Gasteiger partial charge in [-0.15, -0.1) is 0 Å². The highest BCUT2D eigenvalue weighted by atomic mass is 16.6. The summed E-state index contributed by atoms with van der Waals surface area (Å²) < 4.78 is 19.4. The third kappa shape index (κ3) is 3.39. The molecule has 0 radical (unpaired) electrons. The molecule has 1 aromatic carbocycles. The Morgan fingerprint density at radius 1 is 1.37 bits per heavy atom. The summed E-state index contributed by atoms with van der Waals surface area (Å²) in [5, 5.41) is 11.4. The highest BCUT2D eigenvalue weighted by Crippen LogP contribution is 2.42. The van der Waals surface area contributed by atoms with E-state index in [0.717, 1.165) is 11.1 Å². The monoisotopic (exact) mass is 414 g/mol. The van der Waals surface area contributed by atoms with E-state index in [-0.39, 0.29) is 18.1 Å². The standard InChI is InChI=1S/C21H26N4O5/c1-12-9-25(17-15(12)18(27)24-20(22)23-17)19-21(2,28-3)16(26)14(30-19)11-29-10-13-7-5-4-6-8-13/h4-9,14,16,19,26H,10-11H2,1-3H3,(H3,22,23,24,27)/t14-,16-,19?,21-/m1/s1. The van der Waals surface area contributed by atoms with Crippen molar-refractivity contribution in [2.75, 3.05) is 19.5 Å². The second kappa shape index (κ2) is 7.84. The number of nitrogen functional groups attached to an aromatic ring is 1. The van der Waals surface area contributed by atoms with Crippen LogP contribution in [0.4, 0.5) is 5.95 Å². The minimum atomic E-state index is -1.09. The lowest BCUT2D eigenvalue weighted by atomic mass is 9.96. The van der Waals surface area contributed by atoms with Crippen molar-refractivity contribution in [1.29, 1.82) is 0 Å². The number of hydrogen-bond donors (Lipinski definition) is 3. The van der Waals surface area contributed by atoms with Crippen molar-refractivity contribution in [2.45, 2.75) is 44.5 Å². The fourth-order valence-electron chi connectivity index (χ4n) is 3.98. The van der Waals surface area contributed by atoms with E-state index < -0.39 is 24.0 Å². The molecule has 9 nitrogen and oxygen atoms in total. The maximum absolute atomic E-state index is 12.4. The third-order valence-corrected chi connectivity index (χ3v) is 5.71. The SMILES string of the molecule is CO[C@@]1(C)C(n2cc(C)c3c(=O)[nH]c(N)nc32)O[C@H](COCc2ccccc2)[C@H]1O. The lowest BCUT2D eigenvalue weighted by molar-refractivity contribution is -0.119. The Kier molecular flexibility index (Phi) is 5.37. The summed E-state index contributed by atoms with van der Waals surface area (Å²) >= 11 is 0. The van der Waals surface area contributed by atoms with Gasteiger partial charge >= 0.3 is 0 Å².